The highest BCUT2D eigenvalue weighted by molar-refractivity contribution is 9.10. The molecule has 0 spiro atoms. The van der Waals surface area contributed by atoms with Gasteiger partial charge in [-0.05, 0) is 40.9 Å². The van der Waals surface area contributed by atoms with Gasteiger partial charge in [-0.2, -0.15) is 15.0 Å². The number of hydrogen-bond acceptors (Lipinski definition) is 5. The van der Waals surface area contributed by atoms with Gasteiger partial charge < -0.3 is 15.4 Å². The molecule has 0 unspecified atom stereocenters. The van der Waals surface area contributed by atoms with Crippen molar-refractivity contribution in [2.75, 3.05) is 19.7 Å². The molecule has 2 N–H and O–H groups in total. The van der Waals surface area contributed by atoms with E-state index in [4.69, 9.17) is 4.74 Å². The number of rotatable bonds is 5. The summed E-state index contributed by atoms with van der Waals surface area (Å²) in [5.41, 5.74) is 1.65. The van der Waals surface area contributed by atoms with Crippen molar-refractivity contribution in [2.45, 2.75) is 12.8 Å². The molecule has 0 atom stereocenters. The number of ether oxygens (including phenoxy) is 1. The Bertz CT molecular complexity index is 805. The molecule has 132 valence electrons. The van der Waals surface area contributed by atoms with E-state index in [0.717, 1.165) is 18.5 Å². The number of carbonyl (C=O) groups excluding carboxylic acids is 2. The van der Waals surface area contributed by atoms with E-state index in [1.54, 1.807) is 25.4 Å². The summed E-state index contributed by atoms with van der Waals surface area (Å²) < 4.78 is 6.15. The Morgan fingerprint density at radius 1 is 1.48 bits per heavy atom. The van der Waals surface area contributed by atoms with Gasteiger partial charge in [0.2, 0.25) is 0 Å². The van der Waals surface area contributed by atoms with Crippen LogP contribution in [0.3, 0.4) is 0 Å². The largest absolute Gasteiger partial charge is 0.490 e. The first-order chi connectivity index (χ1) is 12.0. The van der Waals surface area contributed by atoms with E-state index in [0.29, 0.717) is 41.0 Å². The fourth-order valence-electron chi connectivity index (χ4n) is 2.53. The number of carbonyl (C=O) groups is 2. The molecule has 1 aliphatic rings. The first-order valence-electron chi connectivity index (χ1n) is 7.92. The van der Waals surface area contributed by atoms with Gasteiger partial charge in [-0.3, -0.25) is 9.59 Å². The molecule has 0 aliphatic carbocycles. The third-order valence-corrected chi connectivity index (χ3v) is 4.32. The number of nitrogens with one attached hydrogen (secondary N) is 2. The molecule has 9 heteroatoms. The number of aromatic nitrogens is 3. The summed E-state index contributed by atoms with van der Waals surface area (Å²) in [6.07, 6.45) is 3.20. The molecule has 0 saturated carbocycles. The summed E-state index contributed by atoms with van der Waals surface area (Å²) in [5, 5.41) is 13.8. The van der Waals surface area contributed by atoms with Crippen molar-refractivity contribution in [3.63, 3.8) is 0 Å². The molecule has 3 rings (SSSR count). The Balaban J connectivity index is 1.62. The number of halogens is 1. The Morgan fingerprint density at radius 3 is 3.08 bits per heavy atom. The average Bonchev–Trinajstić information content (AvgIpc) is 2.91. The Morgan fingerprint density at radius 2 is 2.32 bits per heavy atom. The van der Waals surface area contributed by atoms with Crippen molar-refractivity contribution in [2.24, 2.45) is 7.05 Å². The molecule has 2 amide bonds. The predicted molar refractivity (Wildman–Crippen MR) is 93.6 cm³/mol. The Hall–Kier alpha value is -2.42. The molecule has 1 aliphatic heterocycles. The second kappa shape index (κ2) is 7.64. The number of benzene rings is 1. The highest BCUT2D eigenvalue weighted by Crippen LogP contribution is 2.31. The van der Waals surface area contributed by atoms with E-state index in [1.807, 2.05) is 0 Å². The third-order valence-electron chi connectivity index (χ3n) is 3.73. The normalized spacial score (nSPS) is 13.4. The zero-order chi connectivity index (χ0) is 17.8. The van der Waals surface area contributed by atoms with Crippen molar-refractivity contribution in [1.82, 2.24) is 25.6 Å². The van der Waals surface area contributed by atoms with Crippen molar-refractivity contribution < 1.29 is 14.3 Å². The van der Waals surface area contributed by atoms with Crippen LogP contribution < -0.4 is 15.4 Å². The molecule has 2 aromatic rings. The fourth-order valence-corrected chi connectivity index (χ4v) is 3.10. The van der Waals surface area contributed by atoms with Gasteiger partial charge >= 0.3 is 0 Å². The number of amides is 2. The van der Waals surface area contributed by atoms with Crippen LogP contribution in [0.15, 0.2) is 22.8 Å². The van der Waals surface area contributed by atoms with Gasteiger partial charge in [-0.1, -0.05) is 0 Å². The van der Waals surface area contributed by atoms with Gasteiger partial charge in [-0.15, -0.1) is 0 Å². The maximum Gasteiger partial charge on any atom is 0.255 e. The van der Waals surface area contributed by atoms with Crippen LogP contribution in [0.2, 0.25) is 0 Å². The van der Waals surface area contributed by atoms with Gasteiger partial charge in [0.25, 0.3) is 11.8 Å². The summed E-state index contributed by atoms with van der Waals surface area (Å²) in [4.78, 5) is 26.0. The predicted octanol–water partition coefficient (Wildman–Crippen LogP) is 1.06. The molecule has 1 aromatic heterocycles. The lowest BCUT2D eigenvalue weighted by Gasteiger charge is -2.11. The zero-order valence-corrected chi connectivity index (χ0v) is 15.3. The quantitative estimate of drug-likeness (QED) is 0.722. The number of nitrogens with zero attached hydrogens (tertiary/aromatic N) is 3. The first-order valence-corrected chi connectivity index (χ1v) is 8.72. The summed E-state index contributed by atoms with van der Waals surface area (Å²) in [7, 11) is 1.77. The monoisotopic (exact) mass is 407 g/mol. The number of fused-ring (bicyclic) bond motifs is 1. The van der Waals surface area contributed by atoms with Gasteiger partial charge in [0, 0.05) is 19.2 Å². The molecular weight excluding hydrogens is 390 g/mol. The Labute approximate surface area is 153 Å². The van der Waals surface area contributed by atoms with Crippen LogP contribution in [0.4, 0.5) is 0 Å². The van der Waals surface area contributed by atoms with Crippen molar-refractivity contribution in [1.29, 1.82) is 0 Å². The van der Waals surface area contributed by atoms with Crippen LogP contribution in [0.25, 0.3) is 0 Å². The summed E-state index contributed by atoms with van der Waals surface area (Å²) >= 11 is 3.38. The minimum atomic E-state index is -0.245. The molecule has 25 heavy (non-hydrogen) atoms. The van der Waals surface area contributed by atoms with E-state index in [1.165, 1.54) is 4.80 Å². The van der Waals surface area contributed by atoms with E-state index in [-0.39, 0.29) is 11.8 Å². The van der Waals surface area contributed by atoms with Crippen LogP contribution in [0.5, 0.6) is 5.75 Å². The lowest BCUT2D eigenvalue weighted by molar-refractivity contribution is 0.0953. The third kappa shape index (κ3) is 4.16. The highest BCUT2D eigenvalue weighted by atomic mass is 79.9. The van der Waals surface area contributed by atoms with Crippen molar-refractivity contribution in [3.05, 3.63) is 39.6 Å². The van der Waals surface area contributed by atoms with Gasteiger partial charge in [0.15, 0.2) is 0 Å². The minimum absolute atomic E-state index is 0.236. The molecule has 0 bridgehead atoms. The first kappa shape index (κ1) is 17.4. The number of aryl methyl sites for hydroxylation is 2. The summed E-state index contributed by atoms with van der Waals surface area (Å²) in [6.45, 7) is 1.34. The number of hydrogen-bond donors (Lipinski definition) is 2. The lowest BCUT2D eigenvalue weighted by atomic mass is 10.1. The lowest BCUT2D eigenvalue weighted by Crippen LogP contribution is -2.26. The Kier molecular flexibility index (Phi) is 5.32. The SMILES string of the molecule is Cn1ncc(CCCNC(=O)c2cc(Br)c3c(c2)C(=O)NCCO3)n1. The highest BCUT2D eigenvalue weighted by Gasteiger charge is 2.21. The minimum Gasteiger partial charge on any atom is -0.490 e. The smallest absolute Gasteiger partial charge is 0.255 e. The van der Waals surface area contributed by atoms with E-state index in [2.05, 4.69) is 36.8 Å². The van der Waals surface area contributed by atoms with Crippen molar-refractivity contribution in [3.8, 4) is 5.75 Å². The molecule has 0 fully saturated rings. The standard InChI is InChI=1S/C16H18BrN5O3/c1-22-20-9-11(21-22)3-2-4-18-15(23)10-7-12-14(13(17)8-10)25-6-5-19-16(12)24/h7-9H,2-6H2,1H3,(H,18,23)(H,19,24). The molecule has 8 nitrogen and oxygen atoms in total. The van der Waals surface area contributed by atoms with E-state index < -0.39 is 0 Å². The van der Waals surface area contributed by atoms with Gasteiger partial charge in [0.1, 0.15) is 12.4 Å². The second-order valence-corrected chi connectivity index (χ2v) is 6.48. The molecule has 0 radical (unpaired) electrons. The van der Waals surface area contributed by atoms with E-state index in [9.17, 15) is 9.59 Å². The zero-order valence-electron chi connectivity index (χ0n) is 13.7. The van der Waals surface area contributed by atoms with Crippen LogP contribution in [-0.2, 0) is 13.5 Å². The van der Waals surface area contributed by atoms with Crippen molar-refractivity contribution >= 4 is 27.7 Å². The molecule has 2 heterocycles. The second-order valence-electron chi connectivity index (χ2n) is 5.62. The summed E-state index contributed by atoms with van der Waals surface area (Å²) in [5.74, 6) is -0.0144. The fraction of sp³-hybridized carbons (Fsp3) is 0.375. The molecule has 0 saturated heterocycles. The van der Waals surface area contributed by atoms with E-state index >= 15 is 0 Å². The maximum atomic E-state index is 12.4. The van der Waals surface area contributed by atoms with Crippen LogP contribution in [-0.4, -0.2) is 46.5 Å². The maximum absolute atomic E-state index is 12.4. The van der Waals surface area contributed by atoms with Gasteiger partial charge in [0.05, 0.1) is 28.5 Å². The molecular formula is C16H18BrN5O3. The van der Waals surface area contributed by atoms with Gasteiger partial charge in [-0.25, -0.2) is 0 Å². The van der Waals surface area contributed by atoms with Crippen LogP contribution in [0, 0.1) is 0 Å². The average molecular weight is 408 g/mol. The summed E-state index contributed by atoms with van der Waals surface area (Å²) in [6, 6.07) is 3.22. The molecule has 1 aromatic carbocycles. The van der Waals surface area contributed by atoms with Crippen LogP contribution >= 0.6 is 15.9 Å². The topological polar surface area (TPSA) is 98.1 Å². The van der Waals surface area contributed by atoms with Crippen LogP contribution in [0.1, 0.15) is 32.8 Å².